The van der Waals surface area contributed by atoms with E-state index in [9.17, 15) is 4.79 Å². The zero-order valence-corrected chi connectivity index (χ0v) is 18.4. The van der Waals surface area contributed by atoms with E-state index in [1.165, 1.54) is 13.3 Å². The number of piperazine rings is 1. The highest BCUT2D eigenvalue weighted by atomic mass is 35.5. The lowest BCUT2D eigenvalue weighted by Gasteiger charge is -2.36. The number of hydrogen-bond donors (Lipinski definition) is 2. The molecule has 1 saturated heterocycles. The molecule has 2 heterocycles. The van der Waals surface area contributed by atoms with Gasteiger partial charge < -0.3 is 20.4 Å². The van der Waals surface area contributed by atoms with Gasteiger partial charge >= 0.3 is 0 Å². The van der Waals surface area contributed by atoms with Crippen LogP contribution in [0.2, 0.25) is 10.0 Å². The molecule has 1 aromatic heterocycles. The predicted molar refractivity (Wildman–Crippen MR) is 125 cm³/mol. The number of carbonyl (C=O) groups is 1. The second-order valence-corrected chi connectivity index (χ2v) is 7.88. The molecular weight excluding hydrogens is 437 g/mol. The Labute approximate surface area is 190 Å². The standard InChI is InChI=1S/C21H21Cl2N7O/c1-14(31)26-15-3-2-4-16(11-15)27-20-24-13-25-21(28-20)30-9-7-29(8-10-30)17-5-6-18(22)19(23)12-17/h2-6,11-13H,7-10H2,1H3,(H,26,31)(H,24,25,27,28). The van der Waals surface area contributed by atoms with Gasteiger partial charge in [-0.05, 0) is 36.4 Å². The maximum absolute atomic E-state index is 11.3. The smallest absolute Gasteiger partial charge is 0.231 e. The van der Waals surface area contributed by atoms with E-state index in [1.807, 2.05) is 42.5 Å². The van der Waals surface area contributed by atoms with Crippen LogP contribution in [0.1, 0.15) is 6.92 Å². The average molecular weight is 458 g/mol. The number of nitrogens with zero attached hydrogens (tertiary/aromatic N) is 5. The maximum atomic E-state index is 11.3. The van der Waals surface area contributed by atoms with Crippen LogP contribution in [0.5, 0.6) is 0 Å². The molecule has 0 bridgehead atoms. The van der Waals surface area contributed by atoms with Crippen molar-refractivity contribution in [3.05, 3.63) is 58.8 Å². The van der Waals surface area contributed by atoms with Gasteiger partial charge in [0.1, 0.15) is 6.33 Å². The van der Waals surface area contributed by atoms with E-state index in [1.54, 1.807) is 0 Å². The zero-order chi connectivity index (χ0) is 21.8. The molecule has 1 aliphatic rings. The lowest BCUT2D eigenvalue weighted by molar-refractivity contribution is -0.114. The van der Waals surface area contributed by atoms with Crippen LogP contribution in [-0.4, -0.2) is 47.0 Å². The summed E-state index contributed by atoms with van der Waals surface area (Å²) in [4.78, 5) is 28.7. The van der Waals surface area contributed by atoms with E-state index in [0.717, 1.165) is 37.6 Å². The number of aromatic nitrogens is 3. The summed E-state index contributed by atoms with van der Waals surface area (Å²) in [6.45, 7) is 4.62. The minimum absolute atomic E-state index is 0.125. The minimum atomic E-state index is -0.125. The molecule has 0 atom stereocenters. The van der Waals surface area contributed by atoms with E-state index in [2.05, 4.69) is 35.4 Å². The first-order valence-electron chi connectivity index (χ1n) is 9.76. The summed E-state index contributed by atoms with van der Waals surface area (Å²) in [5.74, 6) is 0.931. The van der Waals surface area contributed by atoms with Crippen LogP contribution < -0.4 is 20.4 Å². The number of amides is 1. The molecule has 8 nitrogen and oxygen atoms in total. The van der Waals surface area contributed by atoms with Gasteiger partial charge in [-0.25, -0.2) is 9.97 Å². The van der Waals surface area contributed by atoms with Crippen molar-refractivity contribution in [2.75, 3.05) is 46.6 Å². The van der Waals surface area contributed by atoms with Gasteiger partial charge in [0.05, 0.1) is 10.0 Å². The highest BCUT2D eigenvalue weighted by Gasteiger charge is 2.20. The monoisotopic (exact) mass is 457 g/mol. The molecule has 1 aliphatic heterocycles. The van der Waals surface area contributed by atoms with Crippen LogP contribution in [-0.2, 0) is 4.79 Å². The van der Waals surface area contributed by atoms with Crippen molar-refractivity contribution in [3.63, 3.8) is 0 Å². The van der Waals surface area contributed by atoms with Gasteiger partial charge in [-0.3, -0.25) is 4.79 Å². The molecule has 31 heavy (non-hydrogen) atoms. The molecule has 0 spiro atoms. The Kier molecular flexibility index (Phi) is 6.39. The molecular formula is C21H21Cl2N7O. The molecule has 1 fully saturated rings. The Bertz CT molecular complexity index is 1090. The molecule has 4 rings (SSSR count). The molecule has 3 aromatic rings. The number of rotatable bonds is 5. The molecule has 1 amide bonds. The van der Waals surface area contributed by atoms with Gasteiger partial charge in [-0.1, -0.05) is 29.3 Å². The Morgan fingerprint density at radius 1 is 0.935 bits per heavy atom. The number of halogens is 2. The van der Waals surface area contributed by atoms with E-state index >= 15 is 0 Å². The molecule has 0 saturated carbocycles. The first-order chi connectivity index (χ1) is 15.0. The summed E-state index contributed by atoms with van der Waals surface area (Å²) in [5.41, 5.74) is 2.52. The van der Waals surface area contributed by atoms with E-state index in [-0.39, 0.29) is 5.91 Å². The van der Waals surface area contributed by atoms with Crippen LogP contribution >= 0.6 is 23.2 Å². The van der Waals surface area contributed by atoms with Crippen molar-refractivity contribution in [3.8, 4) is 0 Å². The Hall–Kier alpha value is -3.10. The summed E-state index contributed by atoms with van der Waals surface area (Å²) >= 11 is 12.2. The zero-order valence-electron chi connectivity index (χ0n) is 16.8. The quantitative estimate of drug-likeness (QED) is 0.593. The fourth-order valence-electron chi connectivity index (χ4n) is 3.35. The lowest BCUT2D eigenvalue weighted by Crippen LogP contribution is -2.47. The summed E-state index contributed by atoms with van der Waals surface area (Å²) in [6, 6.07) is 13.0. The molecule has 2 N–H and O–H groups in total. The highest BCUT2D eigenvalue weighted by Crippen LogP contribution is 2.28. The van der Waals surface area contributed by atoms with Gasteiger partial charge in [0.25, 0.3) is 0 Å². The number of nitrogens with one attached hydrogen (secondary N) is 2. The molecule has 0 radical (unpaired) electrons. The van der Waals surface area contributed by atoms with E-state index in [4.69, 9.17) is 23.2 Å². The van der Waals surface area contributed by atoms with Crippen molar-refractivity contribution in [2.24, 2.45) is 0 Å². The fourth-order valence-corrected chi connectivity index (χ4v) is 3.65. The minimum Gasteiger partial charge on any atom is -0.368 e. The number of hydrogen-bond acceptors (Lipinski definition) is 7. The Morgan fingerprint density at radius 3 is 2.42 bits per heavy atom. The summed E-state index contributed by atoms with van der Waals surface area (Å²) in [6.07, 6.45) is 1.49. The van der Waals surface area contributed by atoms with Crippen molar-refractivity contribution in [1.82, 2.24) is 15.0 Å². The first-order valence-corrected chi connectivity index (χ1v) is 10.5. The number of anilines is 5. The van der Waals surface area contributed by atoms with Crippen molar-refractivity contribution in [2.45, 2.75) is 6.92 Å². The van der Waals surface area contributed by atoms with Gasteiger partial charge in [0.15, 0.2) is 0 Å². The Balaban J connectivity index is 1.41. The summed E-state index contributed by atoms with van der Waals surface area (Å²) in [7, 11) is 0. The third-order valence-corrected chi connectivity index (χ3v) is 5.57. The average Bonchev–Trinajstić information content (AvgIpc) is 2.76. The third kappa shape index (κ3) is 5.34. The van der Waals surface area contributed by atoms with Crippen LogP contribution in [0.25, 0.3) is 0 Å². The second kappa shape index (κ2) is 9.36. The van der Waals surface area contributed by atoms with Crippen LogP contribution in [0.4, 0.5) is 29.0 Å². The SMILES string of the molecule is CC(=O)Nc1cccc(Nc2ncnc(N3CCN(c4ccc(Cl)c(Cl)c4)CC3)n2)c1. The summed E-state index contributed by atoms with van der Waals surface area (Å²) < 4.78 is 0. The Morgan fingerprint density at radius 2 is 1.68 bits per heavy atom. The van der Waals surface area contributed by atoms with Crippen molar-refractivity contribution < 1.29 is 4.79 Å². The van der Waals surface area contributed by atoms with Crippen LogP contribution in [0, 0.1) is 0 Å². The third-order valence-electron chi connectivity index (χ3n) is 4.83. The number of benzene rings is 2. The molecule has 0 aliphatic carbocycles. The number of carbonyl (C=O) groups excluding carboxylic acids is 1. The van der Waals surface area contributed by atoms with Crippen LogP contribution in [0.15, 0.2) is 48.8 Å². The molecule has 160 valence electrons. The van der Waals surface area contributed by atoms with E-state index in [0.29, 0.717) is 27.6 Å². The predicted octanol–water partition coefficient (Wildman–Crippen LogP) is 4.21. The molecule has 0 unspecified atom stereocenters. The first kappa shape index (κ1) is 21.1. The fraction of sp³-hybridized carbons (Fsp3) is 0.238. The van der Waals surface area contributed by atoms with E-state index < -0.39 is 0 Å². The summed E-state index contributed by atoms with van der Waals surface area (Å²) in [5, 5.41) is 7.03. The topological polar surface area (TPSA) is 86.3 Å². The van der Waals surface area contributed by atoms with Crippen LogP contribution in [0.3, 0.4) is 0 Å². The normalized spacial score (nSPS) is 13.8. The van der Waals surface area contributed by atoms with Crippen molar-refractivity contribution >= 4 is 58.1 Å². The maximum Gasteiger partial charge on any atom is 0.231 e. The second-order valence-electron chi connectivity index (χ2n) is 7.07. The van der Waals surface area contributed by atoms with Gasteiger partial charge in [0.2, 0.25) is 17.8 Å². The largest absolute Gasteiger partial charge is 0.368 e. The molecule has 2 aromatic carbocycles. The lowest BCUT2D eigenvalue weighted by atomic mass is 10.2. The van der Waals surface area contributed by atoms with Crippen molar-refractivity contribution in [1.29, 1.82) is 0 Å². The van der Waals surface area contributed by atoms with Gasteiger partial charge in [-0.2, -0.15) is 4.98 Å². The molecule has 10 heteroatoms. The highest BCUT2D eigenvalue weighted by molar-refractivity contribution is 6.42. The van der Waals surface area contributed by atoms with Gasteiger partial charge in [-0.15, -0.1) is 0 Å². The van der Waals surface area contributed by atoms with Gasteiger partial charge in [0, 0.05) is 50.2 Å².